The molecule has 1 heterocycles. The van der Waals surface area contributed by atoms with Crippen LogP contribution in [0.25, 0.3) is 0 Å². The fourth-order valence-electron chi connectivity index (χ4n) is 1.53. The fraction of sp³-hybridized carbons (Fsp3) is 0.308. The van der Waals surface area contributed by atoms with E-state index in [9.17, 15) is 4.79 Å². The lowest BCUT2D eigenvalue weighted by Gasteiger charge is -2.06. The van der Waals surface area contributed by atoms with Gasteiger partial charge in [0, 0.05) is 17.9 Å². The Bertz CT molecular complexity index is 586. The van der Waals surface area contributed by atoms with Crippen LogP contribution in [-0.4, -0.2) is 28.5 Å². The number of nitrogen functional groups attached to an aromatic ring is 1. The third-order valence-electron chi connectivity index (χ3n) is 2.43. The molecule has 0 unspecified atom stereocenters. The molecule has 1 amide bonds. The largest absolute Gasteiger partial charge is 0.494 e. The van der Waals surface area contributed by atoms with Gasteiger partial charge in [-0.25, -0.2) is 0 Å². The second-order valence-electron chi connectivity index (χ2n) is 4.01. The highest BCUT2D eigenvalue weighted by Crippen LogP contribution is 2.24. The second kappa shape index (κ2) is 7.84. The molecule has 2 rings (SSSR count). The lowest BCUT2D eigenvalue weighted by Crippen LogP contribution is -2.12. The van der Waals surface area contributed by atoms with Crippen molar-refractivity contribution in [2.75, 3.05) is 23.4 Å². The predicted molar refractivity (Wildman–Crippen MR) is 85.9 cm³/mol. The third-order valence-corrected chi connectivity index (χ3v) is 4.31. The molecule has 0 saturated heterocycles. The summed E-state index contributed by atoms with van der Waals surface area (Å²) in [6, 6.07) is 7.30. The average molecular weight is 324 g/mol. The summed E-state index contributed by atoms with van der Waals surface area (Å²) in [5.41, 5.74) is 6.25. The minimum absolute atomic E-state index is 0.0378. The van der Waals surface area contributed by atoms with Gasteiger partial charge in [-0.1, -0.05) is 23.1 Å². The van der Waals surface area contributed by atoms with Crippen molar-refractivity contribution in [2.45, 2.75) is 17.7 Å². The Morgan fingerprint density at radius 3 is 2.76 bits per heavy atom. The number of rotatable bonds is 7. The van der Waals surface area contributed by atoms with E-state index in [1.54, 1.807) is 0 Å². The molecule has 0 aliphatic heterocycles. The van der Waals surface area contributed by atoms with Crippen LogP contribution in [0.1, 0.15) is 13.3 Å². The topological polar surface area (TPSA) is 90.1 Å². The molecule has 1 aromatic heterocycles. The lowest BCUT2D eigenvalue weighted by atomic mass is 10.3. The van der Waals surface area contributed by atoms with Gasteiger partial charge in [0.05, 0.1) is 6.61 Å². The smallest absolute Gasteiger partial charge is 0.225 e. The van der Waals surface area contributed by atoms with Gasteiger partial charge in [0.15, 0.2) is 4.34 Å². The van der Waals surface area contributed by atoms with E-state index in [-0.39, 0.29) is 5.91 Å². The Kier molecular flexibility index (Phi) is 5.82. The summed E-state index contributed by atoms with van der Waals surface area (Å²) in [6.45, 7) is 2.55. The predicted octanol–water partition coefficient (Wildman–Crippen LogP) is 2.64. The summed E-state index contributed by atoms with van der Waals surface area (Å²) < 4.78 is 6.12. The molecular formula is C13H16N4O2S2. The van der Waals surface area contributed by atoms with E-state index in [0.29, 0.717) is 23.9 Å². The Morgan fingerprint density at radius 2 is 2.14 bits per heavy atom. The summed E-state index contributed by atoms with van der Waals surface area (Å²) in [6.07, 6.45) is 0.400. The number of anilines is 2. The van der Waals surface area contributed by atoms with E-state index in [4.69, 9.17) is 10.5 Å². The number of ether oxygens (including phenoxy) is 1. The van der Waals surface area contributed by atoms with Crippen LogP contribution < -0.4 is 15.8 Å². The van der Waals surface area contributed by atoms with Gasteiger partial charge < -0.3 is 15.8 Å². The maximum absolute atomic E-state index is 11.8. The summed E-state index contributed by atoms with van der Waals surface area (Å²) in [5, 5.41) is 10.9. The fourth-order valence-corrected chi connectivity index (χ4v) is 3.18. The number of carbonyl (C=O) groups is 1. The first-order valence-corrected chi connectivity index (χ1v) is 8.22. The Balaban J connectivity index is 1.73. The van der Waals surface area contributed by atoms with Crippen molar-refractivity contribution in [3.05, 3.63) is 24.3 Å². The third kappa shape index (κ3) is 5.24. The molecule has 2 aromatic rings. The Hall–Kier alpha value is -1.80. The lowest BCUT2D eigenvalue weighted by molar-refractivity contribution is -0.115. The SMILES string of the molecule is CCOc1ccc(NC(=O)CCSc2nnc(N)s2)cc1. The highest BCUT2D eigenvalue weighted by atomic mass is 32.2. The van der Waals surface area contributed by atoms with E-state index in [1.165, 1.54) is 23.1 Å². The molecule has 0 atom stereocenters. The summed E-state index contributed by atoms with van der Waals surface area (Å²) in [5.74, 6) is 1.39. The van der Waals surface area contributed by atoms with Crippen LogP contribution in [0.4, 0.5) is 10.8 Å². The molecule has 0 spiro atoms. The molecule has 0 saturated carbocycles. The second-order valence-corrected chi connectivity index (χ2v) is 6.36. The van der Waals surface area contributed by atoms with Crippen LogP contribution in [0.3, 0.4) is 0 Å². The van der Waals surface area contributed by atoms with Gasteiger partial charge in [-0.2, -0.15) is 0 Å². The van der Waals surface area contributed by atoms with Crippen LogP contribution in [0.5, 0.6) is 5.75 Å². The van der Waals surface area contributed by atoms with Crippen LogP contribution in [0, 0.1) is 0 Å². The molecule has 3 N–H and O–H groups in total. The maximum Gasteiger partial charge on any atom is 0.225 e. The Morgan fingerprint density at radius 1 is 1.38 bits per heavy atom. The zero-order valence-corrected chi connectivity index (χ0v) is 13.2. The minimum atomic E-state index is -0.0378. The van der Waals surface area contributed by atoms with Crippen molar-refractivity contribution in [3.8, 4) is 5.75 Å². The molecule has 0 aliphatic rings. The molecule has 0 bridgehead atoms. The minimum Gasteiger partial charge on any atom is -0.494 e. The number of nitrogens with two attached hydrogens (primary N) is 1. The van der Waals surface area contributed by atoms with Crippen molar-refractivity contribution >= 4 is 39.8 Å². The summed E-state index contributed by atoms with van der Waals surface area (Å²) >= 11 is 2.80. The zero-order valence-electron chi connectivity index (χ0n) is 11.5. The van der Waals surface area contributed by atoms with Crippen molar-refractivity contribution in [1.82, 2.24) is 10.2 Å². The first-order chi connectivity index (χ1) is 10.2. The van der Waals surface area contributed by atoms with Crippen molar-refractivity contribution < 1.29 is 9.53 Å². The van der Waals surface area contributed by atoms with Crippen molar-refractivity contribution in [3.63, 3.8) is 0 Å². The first kappa shape index (κ1) is 15.6. The van der Waals surface area contributed by atoms with E-state index in [0.717, 1.165) is 15.8 Å². The number of benzene rings is 1. The van der Waals surface area contributed by atoms with Crippen molar-refractivity contribution in [1.29, 1.82) is 0 Å². The summed E-state index contributed by atoms with van der Waals surface area (Å²) in [7, 11) is 0. The van der Waals surface area contributed by atoms with Crippen LogP contribution >= 0.6 is 23.1 Å². The number of nitrogens with zero attached hydrogens (tertiary/aromatic N) is 2. The highest BCUT2D eigenvalue weighted by Gasteiger charge is 2.06. The van der Waals surface area contributed by atoms with Gasteiger partial charge in [0.25, 0.3) is 0 Å². The molecule has 0 fully saturated rings. The van der Waals surface area contributed by atoms with Crippen LogP contribution in [0.2, 0.25) is 0 Å². The number of thioether (sulfide) groups is 1. The standard InChI is InChI=1S/C13H16N4O2S2/c1-2-19-10-5-3-9(4-6-10)15-11(18)7-8-20-13-17-16-12(14)21-13/h3-6H,2,7-8H2,1H3,(H2,14,16)(H,15,18). The number of nitrogens with one attached hydrogen (secondary N) is 1. The number of aromatic nitrogens is 2. The monoisotopic (exact) mass is 324 g/mol. The molecule has 112 valence electrons. The molecule has 0 aliphatic carbocycles. The van der Waals surface area contributed by atoms with Gasteiger partial charge in [-0.15, -0.1) is 10.2 Å². The zero-order chi connectivity index (χ0) is 15.1. The molecule has 21 heavy (non-hydrogen) atoms. The van der Waals surface area contributed by atoms with E-state index in [2.05, 4.69) is 15.5 Å². The molecule has 1 aromatic carbocycles. The molecular weight excluding hydrogens is 308 g/mol. The maximum atomic E-state index is 11.8. The Labute approximate surface area is 131 Å². The first-order valence-electron chi connectivity index (χ1n) is 6.42. The number of amides is 1. The molecule has 0 radical (unpaired) electrons. The van der Waals surface area contributed by atoms with Gasteiger partial charge in [-0.3, -0.25) is 4.79 Å². The molecule has 8 heteroatoms. The van der Waals surface area contributed by atoms with Gasteiger partial charge >= 0.3 is 0 Å². The van der Waals surface area contributed by atoms with Crippen molar-refractivity contribution in [2.24, 2.45) is 0 Å². The van der Waals surface area contributed by atoms with Crippen LogP contribution in [0.15, 0.2) is 28.6 Å². The highest BCUT2D eigenvalue weighted by molar-refractivity contribution is 8.01. The van der Waals surface area contributed by atoms with Crippen LogP contribution in [-0.2, 0) is 4.79 Å². The number of hydrogen-bond donors (Lipinski definition) is 2. The number of carbonyl (C=O) groups excluding carboxylic acids is 1. The average Bonchev–Trinajstić information content (AvgIpc) is 2.87. The van der Waals surface area contributed by atoms with Gasteiger partial charge in [-0.05, 0) is 31.2 Å². The summed E-state index contributed by atoms with van der Waals surface area (Å²) in [4.78, 5) is 11.8. The quantitative estimate of drug-likeness (QED) is 0.761. The van der Waals surface area contributed by atoms with E-state index >= 15 is 0 Å². The normalized spacial score (nSPS) is 10.3. The van der Waals surface area contributed by atoms with E-state index in [1.807, 2.05) is 31.2 Å². The number of hydrogen-bond acceptors (Lipinski definition) is 7. The molecule has 6 nitrogen and oxygen atoms in total. The van der Waals surface area contributed by atoms with E-state index < -0.39 is 0 Å². The van der Waals surface area contributed by atoms with Gasteiger partial charge in [0.1, 0.15) is 5.75 Å². The van der Waals surface area contributed by atoms with Gasteiger partial charge in [0.2, 0.25) is 11.0 Å².